The van der Waals surface area contributed by atoms with Gasteiger partial charge in [0.1, 0.15) is 23.6 Å². The average molecular weight is 784 g/mol. The molecule has 14 heteroatoms. The number of hydrogen-bond donors (Lipinski definition) is 2. The number of piperazine rings is 1. The molecule has 6 heterocycles. The topological polar surface area (TPSA) is 146 Å². The highest BCUT2D eigenvalue weighted by atomic mass is 32.1. The lowest BCUT2D eigenvalue weighted by Crippen LogP contribution is -2.56. The number of nitrogens with zero attached hydrogens (tertiary/aromatic N) is 7. The highest BCUT2D eigenvalue weighted by molar-refractivity contribution is 7.17. The van der Waals surface area contributed by atoms with E-state index < -0.39 is 6.03 Å². The number of anilines is 3. The molecule has 3 saturated heterocycles. The van der Waals surface area contributed by atoms with Crippen LogP contribution in [0.2, 0.25) is 0 Å². The first kappa shape index (κ1) is 35.8. The van der Waals surface area contributed by atoms with E-state index in [4.69, 9.17) is 20.0 Å². The summed E-state index contributed by atoms with van der Waals surface area (Å²) in [6.45, 7) is 7.91. The normalized spacial score (nSPS) is 21.3. The number of carbonyl (C=O) groups excluding carboxylic acids is 2. The van der Waals surface area contributed by atoms with E-state index in [0.717, 1.165) is 103 Å². The Hall–Kier alpha value is -5.57. The summed E-state index contributed by atoms with van der Waals surface area (Å²) in [4.78, 5) is 44.8. The van der Waals surface area contributed by atoms with Crippen molar-refractivity contribution < 1.29 is 18.8 Å². The number of thiophene rings is 1. The van der Waals surface area contributed by atoms with Gasteiger partial charge in [-0.2, -0.15) is 0 Å². The maximum absolute atomic E-state index is 12.3. The van der Waals surface area contributed by atoms with Crippen LogP contribution in [0.1, 0.15) is 42.9 Å². The number of aromatic nitrogens is 3. The zero-order valence-electron chi connectivity index (χ0n) is 31.7. The number of urea groups is 1. The van der Waals surface area contributed by atoms with Crippen LogP contribution in [0, 0.1) is 5.92 Å². The maximum Gasteiger partial charge on any atom is 0.329 e. The molecule has 6 aromatic rings. The number of nitrogens with two attached hydrogens (primary N) is 1. The molecule has 292 valence electrons. The first-order chi connectivity index (χ1) is 27.9. The Balaban J connectivity index is 0.712. The summed E-state index contributed by atoms with van der Waals surface area (Å²) < 4.78 is 11.7. The molecule has 13 nitrogen and oxygen atoms in total. The van der Waals surface area contributed by atoms with Crippen molar-refractivity contribution in [3.63, 3.8) is 0 Å². The molecule has 4 fully saturated rings. The lowest BCUT2D eigenvalue weighted by Gasteiger charge is -2.46. The van der Waals surface area contributed by atoms with Crippen molar-refractivity contribution in [2.24, 2.45) is 5.92 Å². The molecule has 3 N–H and O–H groups in total. The number of hydrogen-bond acceptors (Lipinski definition) is 12. The molecule has 0 unspecified atom stereocenters. The molecule has 3 aliphatic heterocycles. The number of nitrogens with one attached hydrogen (secondary N) is 1. The van der Waals surface area contributed by atoms with Crippen LogP contribution in [0.15, 0.2) is 83.6 Å². The van der Waals surface area contributed by atoms with E-state index in [0.29, 0.717) is 41.6 Å². The molecule has 1 aliphatic carbocycles. The number of rotatable bonds is 9. The van der Waals surface area contributed by atoms with Crippen molar-refractivity contribution in [1.82, 2.24) is 30.2 Å². The van der Waals surface area contributed by atoms with E-state index in [1.165, 1.54) is 22.6 Å². The largest absolute Gasteiger partial charge is 0.457 e. The summed E-state index contributed by atoms with van der Waals surface area (Å²) in [5.74, 6) is 3.43. The first-order valence-corrected chi connectivity index (χ1v) is 20.8. The number of para-hydroxylation sites is 1. The van der Waals surface area contributed by atoms with Gasteiger partial charge in [-0.1, -0.05) is 23.4 Å². The van der Waals surface area contributed by atoms with Crippen LogP contribution in [0.5, 0.6) is 11.5 Å². The maximum atomic E-state index is 12.3. The number of fused-ring (bicyclic) bond motifs is 2. The zero-order valence-corrected chi connectivity index (χ0v) is 32.5. The SMILES string of the molecule is Nc1ncnc2c(C3CCC(N4CCN(CC5CN(c6ccc7c(N8CCC(=O)NC8=O)noc7c6)C5)CC4)CC3)sc(-c3ccc(Oc4ccccc4)cc3)c12. The summed E-state index contributed by atoms with van der Waals surface area (Å²) in [6.07, 6.45) is 6.56. The summed E-state index contributed by atoms with van der Waals surface area (Å²) in [5.41, 5.74) is 10.4. The lowest BCUT2D eigenvalue weighted by molar-refractivity contribution is -0.120. The predicted octanol–water partition coefficient (Wildman–Crippen LogP) is 7.10. The quantitative estimate of drug-likeness (QED) is 0.155. The van der Waals surface area contributed by atoms with E-state index in [1.807, 2.05) is 65.9 Å². The minimum Gasteiger partial charge on any atom is -0.457 e. The van der Waals surface area contributed by atoms with Crippen LogP contribution in [0.4, 0.5) is 22.1 Å². The summed E-state index contributed by atoms with van der Waals surface area (Å²) in [5, 5.41) is 8.26. The molecule has 1 saturated carbocycles. The Bertz CT molecular complexity index is 2410. The Morgan fingerprint density at radius 1 is 0.877 bits per heavy atom. The molecule has 57 heavy (non-hydrogen) atoms. The van der Waals surface area contributed by atoms with Gasteiger partial charge in [0.15, 0.2) is 11.4 Å². The number of imide groups is 1. The Labute approximate surface area is 334 Å². The fraction of sp³-hybridized carbons (Fsp3) is 0.372. The third-order valence-corrected chi connectivity index (χ3v) is 13.6. The second-order valence-electron chi connectivity index (χ2n) is 15.8. The highest BCUT2D eigenvalue weighted by Crippen LogP contribution is 2.47. The van der Waals surface area contributed by atoms with Crippen LogP contribution >= 0.6 is 11.3 Å². The summed E-state index contributed by atoms with van der Waals surface area (Å²) in [6, 6.07) is 24.3. The number of nitrogen functional groups attached to an aromatic ring is 1. The van der Waals surface area contributed by atoms with Gasteiger partial charge in [0.2, 0.25) is 5.91 Å². The van der Waals surface area contributed by atoms with Gasteiger partial charge in [0.25, 0.3) is 0 Å². The highest BCUT2D eigenvalue weighted by Gasteiger charge is 2.34. The summed E-state index contributed by atoms with van der Waals surface area (Å²) in [7, 11) is 0. The number of carbonyl (C=O) groups is 2. The van der Waals surface area contributed by atoms with Gasteiger partial charge < -0.3 is 24.8 Å². The molecule has 4 aliphatic rings. The molecule has 10 rings (SSSR count). The Morgan fingerprint density at radius 3 is 2.42 bits per heavy atom. The number of ether oxygens (including phenoxy) is 1. The van der Waals surface area contributed by atoms with Crippen LogP contribution < -0.4 is 25.6 Å². The average Bonchev–Trinajstić information content (AvgIpc) is 3.83. The van der Waals surface area contributed by atoms with E-state index >= 15 is 0 Å². The van der Waals surface area contributed by atoms with Gasteiger partial charge >= 0.3 is 6.03 Å². The minimum atomic E-state index is -0.460. The molecule has 0 radical (unpaired) electrons. The van der Waals surface area contributed by atoms with Crippen molar-refractivity contribution in [3.05, 3.63) is 84.0 Å². The van der Waals surface area contributed by atoms with E-state index in [9.17, 15) is 9.59 Å². The van der Waals surface area contributed by atoms with E-state index in [2.05, 4.69) is 48.4 Å². The van der Waals surface area contributed by atoms with Gasteiger partial charge in [-0.25, -0.2) is 14.8 Å². The van der Waals surface area contributed by atoms with Crippen LogP contribution in [-0.4, -0.2) is 95.3 Å². The van der Waals surface area contributed by atoms with Gasteiger partial charge in [-0.3, -0.25) is 19.9 Å². The smallest absolute Gasteiger partial charge is 0.329 e. The number of amides is 3. The second kappa shape index (κ2) is 15.1. The van der Waals surface area contributed by atoms with E-state index in [1.54, 1.807) is 6.33 Å². The molecule has 0 bridgehead atoms. The van der Waals surface area contributed by atoms with Crippen LogP contribution in [0.25, 0.3) is 32.3 Å². The first-order valence-electron chi connectivity index (χ1n) is 20.0. The van der Waals surface area contributed by atoms with Gasteiger partial charge in [0.05, 0.1) is 16.3 Å². The Morgan fingerprint density at radius 2 is 1.65 bits per heavy atom. The molecule has 0 atom stereocenters. The molecular weight excluding hydrogens is 739 g/mol. The standard InChI is InChI=1S/C43H45N9O4S/c44-41-37-38(45-26-46-41)40(57-39(37)28-8-13-33(14-9-28)55-32-4-2-1-3-5-32)29-6-10-30(11-7-29)50-20-18-49(19-21-50)23-27-24-51(25-27)31-12-15-34-35(22-31)56-48-42(34)52-17-16-36(53)47-43(52)54/h1-5,8-9,12-15,22,26-27,29-30H,6-7,10-11,16-21,23-25H2,(H2,44,45,46)(H,47,53,54). The predicted molar refractivity (Wildman–Crippen MR) is 222 cm³/mol. The third kappa shape index (κ3) is 7.06. The molecule has 3 amide bonds. The fourth-order valence-corrected chi connectivity index (χ4v) is 10.6. The van der Waals surface area contributed by atoms with Crippen molar-refractivity contribution in [2.45, 2.75) is 44.1 Å². The van der Waals surface area contributed by atoms with Crippen LogP contribution in [-0.2, 0) is 4.79 Å². The second-order valence-corrected chi connectivity index (χ2v) is 16.8. The van der Waals surface area contributed by atoms with Crippen molar-refractivity contribution in [1.29, 1.82) is 0 Å². The van der Waals surface area contributed by atoms with Crippen LogP contribution in [0.3, 0.4) is 0 Å². The monoisotopic (exact) mass is 783 g/mol. The van der Waals surface area contributed by atoms with Crippen molar-refractivity contribution >= 4 is 62.5 Å². The zero-order chi connectivity index (χ0) is 38.5. The number of benzene rings is 3. The molecule has 3 aromatic heterocycles. The van der Waals surface area contributed by atoms with E-state index in [-0.39, 0.29) is 12.3 Å². The van der Waals surface area contributed by atoms with Crippen molar-refractivity contribution in [3.8, 4) is 21.9 Å². The van der Waals surface area contributed by atoms with Crippen molar-refractivity contribution in [2.75, 3.05) is 67.9 Å². The van der Waals surface area contributed by atoms with Gasteiger partial charge in [-0.15, -0.1) is 11.3 Å². The fourth-order valence-electron chi connectivity index (χ4n) is 9.14. The molecule has 3 aromatic carbocycles. The minimum absolute atomic E-state index is 0.246. The third-order valence-electron chi connectivity index (χ3n) is 12.2. The molecular formula is C43H45N9O4S. The van der Waals surface area contributed by atoms with Gasteiger partial charge in [0, 0.05) is 92.2 Å². The Kier molecular flexibility index (Phi) is 9.47. The lowest BCUT2D eigenvalue weighted by atomic mass is 9.83. The van der Waals surface area contributed by atoms with Gasteiger partial charge in [-0.05, 0) is 85.7 Å². The summed E-state index contributed by atoms with van der Waals surface area (Å²) >= 11 is 1.83. The molecule has 0 spiro atoms.